The normalized spacial score (nSPS) is 11.9. The third kappa shape index (κ3) is 3.28. The van der Waals surface area contributed by atoms with E-state index in [4.69, 9.17) is 0 Å². The molecule has 0 radical (unpaired) electrons. The molecule has 4 nitrogen and oxygen atoms in total. The van der Waals surface area contributed by atoms with Crippen molar-refractivity contribution < 1.29 is 14.3 Å². The van der Waals surface area contributed by atoms with Gasteiger partial charge in [0.15, 0.2) is 0 Å². The molecular formula is C14H13FN2O2. The van der Waals surface area contributed by atoms with Crippen LogP contribution in [0.15, 0.2) is 42.5 Å². The Kier molecular flexibility index (Phi) is 3.75. The second-order valence-electron chi connectivity index (χ2n) is 4.14. The average Bonchev–Trinajstić information content (AvgIpc) is 2.38. The maximum atomic E-state index is 12.9. The lowest BCUT2D eigenvalue weighted by Gasteiger charge is -2.14. The Bertz CT molecular complexity index is 602. The minimum Gasteiger partial charge on any atom is -0.508 e. The number of phenolic OH excluding ortho intramolecular Hbond substituents is 1. The summed E-state index contributed by atoms with van der Waals surface area (Å²) in [6.07, 6.45) is 0. The first-order valence-electron chi connectivity index (χ1n) is 5.78. The van der Waals surface area contributed by atoms with Gasteiger partial charge in [-0.25, -0.2) is 4.98 Å². The van der Waals surface area contributed by atoms with Crippen LogP contribution in [0.25, 0.3) is 0 Å². The topological polar surface area (TPSA) is 62.2 Å². The third-order valence-corrected chi connectivity index (χ3v) is 2.67. The van der Waals surface area contributed by atoms with Gasteiger partial charge in [0.25, 0.3) is 5.91 Å². The summed E-state index contributed by atoms with van der Waals surface area (Å²) in [6, 6.07) is 10.3. The van der Waals surface area contributed by atoms with E-state index >= 15 is 0 Å². The maximum Gasteiger partial charge on any atom is 0.270 e. The molecule has 19 heavy (non-hydrogen) atoms. The monoisotopic (exact) mass is 260 g/mol. The molecule has 0 saturated heterocycles. The van der Waals surface area contributed by atoms with Gasteiger partial charge in [0.1, 0.15) is 11.4 Å². The van der Waals surface area contributed by atoms with Crippen LogP contribution in [0.3, 0.4) is 0 Å². The second kappa shape index (κ2) is 5.48. The number of aromatic nitrogens is 1. The molecule has 1 atom stereocenters. The molecule has 1 unspecified atom stereocenters. The first kappa shape index (κ1) is 13.0. The molecule has 0 aliphatic heterocycles. The van der Waals surface area contributed by atoms with Gasteiger partial charge in [-0.2, -0.15) is 4.39 Å². The molecule has 0 saturated carbocycles. The van der Waals surface area contributed by atoms with Crippen LogP contribution in [0.4, 0.5) is 4.39 Å². The van der Waals surface area contributed by atoms with E-state index in [1.807, 2.05) is 0 Å². The second-order valence-corrected chi connectivity index (χ2v) is 4.14. The number of carbonyl (C=O) groups excluding carboxylic acids is 1. The van der Waals surface area contributed by atoms with E-state index in [0.29, 0.717) is 0 Å². The molecule has 2 rings (SSSR count). The summed E-state index contributed by atoms with van der Waals surface area (Å²) in [5.41, 5.74) is 0.775. The first-order valence-corrected chi connectivity index (χ1v) is 5.78. The Morgan fingerprint density at radius 1 is 1.32 bits per heavy atom. The maximum absolute atomic E-state index is 12.9. The van der Waals surface area contributed by atoms with Crippen LogP contribution in [-0.4, -0.2) is 16.0 Å². The Morgan fingerprint density at radius 2 is 2.05 bits per heavy atom. The summed E-state index contributed by atoms with van der Waals surface area (Å²) >= 11 is 0. The van der Waals surface area contributed by atoms with E-state index in [1.54, 1.807) is 31.2 Å². The molecular weight excluding hydrogens is 247 g/mol. The Labute approximate surface area is 109 Å². The molecule has 0 aliphatic carbocycles. The van der Waals surface area contributed by atoms with Crippen LogP contribution >= 0.6 is 0 Å². The van der Waals surface area contributed by atoms with Crippen molar-refractivity contribution in [1.82, 2.24) is 10.3 Å². The quantitative estimate of drug-likeness (QED) is 0.833. The number of pyridine rings is 1. The number of phenols is 1. The van der Waals surface area contributed by atoms with Crippen molar-refractivity contribution in [2.24, 2.45) is 0 Å². The van der Waals surface area contributed by atoms with E-state index in [9.17, 15) is 14.3 Å². The number of rotatable bonds is 3. The first-order chi connectivity index (χ1) is 9.06. The summed E-state index contributed by atoms with van der Waals surface area (Å²) in [6.45, 7) is 1.77. The van der Waals surface area contributed by atoms with Crippen LogP contribution < -0.4 is 5.32 Å². The molecule has 1 heterocycles. The zero-order valence-corrected chi connectivity index (χ0v) is 10.3. The van der Waals surface area contributed by atoms with Crippen molar-refractivity contribution >= 4 is 5.91 Å². The molecule has 1 aromatic heterocycles. The highest BCUT2D eigenvalue weighted by Crippen LogP contribution is 2.18. The molecule has 5 heteroatoms. The van der Waals surface area contributed by atoms with Crippen LogP contribution in [0.2, 0.25) is 0 Å². The lowest BCUT2D eigenvalue weighted by atomic mass is 10.1. The Morgan fingerprint density at radius 3 is 2.74 bits per heavy atom. The predicted molar refractivity (Wildman–Crippen MR) is 68.2 cm³/mol. The fourth-order valence-electron chi connectivity index (χ4n) is 1.68. The summed E-state index contributed by atoms with van der Waals surface area (Å²) in [7, 11) is 0. The van der Waals surface area contributed by atoms with Crippen molar-refractivity contribution in [3.63, 3.8) is 0 Å². The number of amides is 1. The number of hydrogen-bond acceptors (Lipinski definition) is 3. The highest BCUT2D eigenvalue weighted by molar-refractivity contribution is 5.92. The molecule has 0 bridgehead atoms. The molecule has 1 amide bonds. The fraction of sp³-hybridized carbons (Fsp3) is 0.143. The van der Waals surface area contributed by atoms with Gasteiger partial charge >= 0.3 is 0 Å². The largest absolute Gasteiger partial charge is 0.508 e. The van der Waals surface area contributed by atoms with Crippen molar-refractivity contribution in [2.75, 3.05) is 0 Å². The molecule has 0 spiro atoms. The van der Waals surface area contributed by atoms with Crippen LogP contribution in [-0.2, 0) is 0 Å². The summed E-state index contributed by atoms with van der Waals surface area (Å²) in [5.74, 6) is -1.03. The SMILES string of the molecule is CC(NC(=O)c1cccc(F)n1)c1cccc(O)c1. The van der Waals surface area contributed by atoms with Crippen LogP contribution in [0, 0.1) is 5.95 Å². The lowest BCUT2D eigenvalue weighted by molar-refractivity contribution is 0.0933. The highest BCUT2D eigenvalue weighted by Gasteiger charge is 2.13. The van der Waals surface area contributed by atoms with Crippen LogP contribution in [0.1, 0.15) is 29.0 Å². The van der Waals surface area contributed by atoms with Gasteiger partial charge in [0, 0.05) is 0 Å². The molecule has 0 fully saturated rings. The van der Waals surface area contributed by atoms with Gasteiger partial charge in [-0.3, -0.25) is 4.79 Å². The van der Waals surface area contributed by atoms with E-state index in [2.05, 4.69) is 10.3 Å². The van der Waals surface area contributed by atoms with Crippen molar-refractivity contribution in [1.29, 1.82) is 0 Å². The predicted octanol–water partition coefficient (Wildman–Crippen LogP) is 2.42. The molecule has 1 aromatic carbocycles. The number of halogens is 1. The van der Waals surface area contributed by atoms with E-state index in [1.165, 1.54) is 18.2 Å². The van der Waals surface area contributed by atoms with Crippen molar-refractivity contribution in [2.45, 2.75) is 13.0 Å². The molecule has 98 valence electrons. The van der Waals surface area contributed by atoms with Crippen LogP contribution in [0.5, 0.6) is 5.75 Å². The summed E-state index contributed by atoms with van der Waals surface area (Å²) in [5, 5.41) is 12.1. The molecule has 2 aromatic rings. The van der Waals surface area contributed by atoms with Gasteiger partial charge in [0.05, 0.1) is 6.04 Å². The zero-order valence-electron chi connectivity index (χ0n) is 10.3. The number of benzene rings is 1. The standard InChI is InChI=1S/C14H13FN2O2/c1-9(10-4-2-5-11(18)8-10)16-14(19)12-6-3-7-13(15)17-12/h2-9,18H,1H3,(H,16,19). The number of aromatic hydroxyl groups is 1. The van der Waals surface area contributed by atoms with Crippen molar-refractivity contribution in [3.8, 4) is 5.75 Å². The Balaban J connectivity index is 2.11. The summed E-state index contributed by atoms with van der Waals surface area (Å²) in [4.78, 5) is 15.4. The highest BCUT2D eigenvalue weighted by atomic mass is 19.1. The van der Waals surface area contributed by atoms with Gasteiger partial charge in [-0.05, 0) is 36.8 Å². The van der Waals surface area contributed by atoms with Gasteiger partial charge in [0.2, 0.25) is 5.95 Å². The molecule has 0 aliphatic rings. The van der Waals surface area contributed by atoms with Gasteiger partial charge < -0.3 is 10.4 Å². The van der Waals surface area contributed by atoms with E-state index < -0.39 is 11.9 Å². The minimum atomic E-state index is -0.697. The number of hydrogen-bond donors (Lipinski definition) is 2. The smallest absolute Gasteiger partial charge is 0.270 e. The lowest BCUT2D eigenvalue weighted by Crippen LogP contribution is -2.27. The molecule has 2 N–H and O–H groups in total. The minimum absolute atomic E-state index is 0.0204. The third-order valence-electron chi connectivity index (χ3n) is 2.67. The number of carbonyl (C=O) groups is 1. The number of nitrogens with one attached hydrogen (secondary N) is 1. The Hall–Kier alpha value is -2.43. The van der Waals surface area contributed by atoms with E-state index in [-0.39, 0.29) is 17.5 Å². The van der Waals surface area contributed by atoms with Gasteiger partial charge in [-0.1, -0.05) is 18.2 Å². The zero-order chi connectivity index (χ0) is 13.8. The summed E-state index contributed by atoms with van der Waals surface area (Å²) < 4.78 is 12.9. The van der Waals surface area contributed by atoms with Crippen molar-refractivity contribution in [3.05, 3.63) is 59.7 Å². The van der Waals surface area contributed by atoms with Gasteiger partial charge in [-0.15, -0.1) is 0 Å². The number of nitrogens with zero attached hydrogens (tertiary/aromatic N) is 1. The van der Waals surface area contributed by atoms with E-state index in [0.717, 1.165) is 5.56 Å². The average molecular weight is 260 g/mol. The fourth-order valence-corrected chi connectivity index (χ4v) is 1.68.